The molecule has 4 nitrogen and oxygen atoms in total. The maximum Gasteiger partial charge on any atom is 0.325 e. The molecule has 0 spiro atoms. The number of carboxylic acid groups (broad SMARTS) is 1. The third-order valence-electron chi connectivity index (χ3n) is 2.35. The van der Waals surface area contributed by atoms with Crippen LogP contribution in [0.15, 0.2) is 12.1 Å². The van der Waals surface area contributed by atoms with Crippen LogP contribution in [0, 0.1) is 5.82 Å². The van der Waals surface area contributed by atoms with Gasteiger partial charge < -0.3 is 15.6 Å². The number of ether oxygens (including phenoxy) is 1. The summed E-state index contributed by atoms with van der Waals surface area (Å²) in [6, 6.07) is 1.59. The quantitative estimate of drug-likeness (QED) is 0.817. The fourth-order valence-electron chi connectivity index (χ4n) is 1.46. The third kappa shape index (κ3) is 2.30. The van der Waals surface area contributed by atoms with Crippen molar-refractivity contribution >= 4 is 5.97 Å². The monoisotopic (exact) mass is 227 g/mol. The molecule has 1 rings (SSSR count). The standard InChI is InChI=1S/C11H14FNO3/c1-3-6-4-7(9(13)11(14)15)10(16-2)8(12)5-6/h4-5,9H,3,13H2,1-2H3,(H,14,15). The molecule has 0 radical (unpaired) electrons. The van der Waals surface area contributed by atoms with Crippen LogP contribution in [0.4, 0.5) is 4.39 Å². The molecule has 0 saturated heterocycles. The largest absolute Gasteiger partial charge is 0.493 e. The molecule has 0 aliphatic carbocycles. The molecule has 3 N–H and O–H groups in total. The van der Waals surface area contributed by atoms with Gasteiger partial charge in [0.1, 0.15) is 6.04 Å². The molecule has 0 bridgehead atoms. The number of hydrogen-bond donors (Lipinski definition) is 2. The van der Waals surface area contributed by atoms with E-state index in [1.54, 1.807) is 6.07 Å². The Morgan fingerprint density at radius 3 is 2.69 bits per heavy atom. The number of carboxylic acids is 1. The Morgan fingerprint density at radius 2 is 2.25 bits per heavy atom. The Labute approximate surface area is 92.8 Å². The van der Waals surface area contributed by atoms with Gasteiger partial charge in [-0.3, -0.25) is 4.79 Å². The van der Waals surface area contributed by atoms with Crippen LogP contribution in [0.3, 0.4) is 0 Å². The summed E-state index contributed by atoms with van der Waals surface area (Å²) in [4.78, 5) is 10.8. The molecule has 1 atom stereocenters. The average molecular weight is 227 g/mol. The van der Waals surface area contributed by atoms with E-state index in [2.05, 4.69) is 0 Å². The minimum absolute atomic E-state index is 0.105. The van der Waals surface area contributed by atoms with E-state index >= 15 is 0 Å². The van der Waals surface area contributed by atoms with Crippen molar-refractivity contribution < 1.29 is 19.0 Å². The number of methoxy groups -OCH3 is 1. The van der Waals surface area contributed by atoms with Gasteiger partial charge in [0.2, 0.25) is 0 Å². The van der Waals surface area contributed by atoms with Crippen molar-refractivity contribution in [2.45, 2.75) is 19.4 Å². The normalized spacial score (nSPS) is 12.2. The molecular weight excluding hydrogens is 213 g/mol. The highest BCUT2D eigenvalue weighted by Crippen LogP contribution is 2.29. The molecule has 0 amide bonds. The number of carbonyl (C=O) groups is 1. The number of aliphatic carboxylic acids is 1. The predicted molar refractivity (Wildman–Crippen MR) is 56.9 cm³/mol. The van der Waals surface area contributed by atoms with Crippen LogP contribution in [0.5, 0.6) is 5.75 Å². The van der Waals surface area contributed by atoms with Crippen LogP contribution in [0.2, 0.25) is 0 Å². The third-order valence-corrected chi connectivity index (χ3v) is 2.35. The zero-order valence-electron chi connectivity index (χ0n) is 9.16. The van der Waals surface area contributed by atoms with Gasteiger partial charge in [0.25, 0.3) is 0 Å². The Kier molecular flexibility index (Phi) is 3.84. The summed E-state index contributed by atoms with van der Waals surface area (Å²) in [7, 11) is 1.28. The highest BCUT2D eigenvalue weighted by atomic mass is 19.1. The summed E-state index contributed by atoms with van der Waals surface area (Å²) in [5.74, 6) is -1.91. The van der Waals surface area contributed by atoms with E-state index < -0.39 is 17.8 Å². The summed E-state index contributed by atoms with van der Waals surface area (Å²) >= 11 is 0. The number of halogens is 1. The molecule has 1 aromatic carbocycles. The Morgan fingerprint density at radius 1 is 1.62 bits per heavy atom. The minimum Gasteiger partial charge on any atom is -0.493 e. The van der Waals surface area contributed by atoms with Gasteiger partial charge in [-0.2, -0.15) is 0 Å². The van der Waals surface area contributed by atoms with E-state index in [1.807, 2.05) is 6.92 Å². The van der Waals surface area contributed by atoms with Crippen molar-refractivity contribution in [1.82, 2.24) is 0 Å². The number of aryl methyl sites for hydroxylation is 1. The van der Waals surface area contributed by atoms with Gasteiger partial charge in [-0.25, -0.2) is 4.39 Å². The van der Waals surface area contributed by atoms with Gasteiger partial charge in [-0.15, -0.1) is 0 Å². The van der Waals surface area contributed by atoms with Crippen LogP contribution in [0.1, 0.15) is 24.1 Å². The van der Waals surface area contributed by atoms with Gasteiger partial charge in [0, 0.05) is 5.56 Å². The SMILES string of the molecule is CCc1cc(F)c(OC)c(C(N)C(=O)O)c1. The molecule has 0 heterocycles. The van der Waals surface area contributed by atoms with Gasteiger partial charge in [0.05, 0.1) is 7.11 Å². The van der Waals surface area contributed by atoms with E-state index in [4.69, 9.17) is 15.6 Å². The number of hydrogen-bond acceptors (Lipinski definition) is 3. The van der Waals surface area contributed by atoms with Crippen LogP contribution < -0.4 is 10.5 Å². The maximum absolute atomic E-state index is 13.5. The number of rotatable bonds is 4. The van der Waals surface area contributed by atoms with Crippen LogP contribution >= 0.6 is 0 Å². The molecule has 88 valence electrons. The second-order valence-electron chi connectivity index (χ2n) is 3.37. The van der Waals surface area contributed by atoms with Crippen LogP contribution in [0.25, 0.3) is 0 Å². The highest BCUT2D eigenvalue weighted by molar-refractivity contribution is 5.76. The zero-order valence-corrected chi connectivity index (χ0v) is 9.16. The Balaban J connectivity index is 3.33. The Hall–Kier alpha value is -1.62. The molecule has 16 heavy (non-hydrogen) atoms. The lowest BCUT2D eigenvalue weighted by atomic mass is 10.0. The summed E-state index contributed by atoms with van der Waals surface area (Å²) < 4.78 is 18.4. The summed E-state index contributed by atoms with van der Waals surface area (Å²) in [5.41, 5.74) is 6.30. The van der Waals surface area contributed by atoms with E-state index in [0.717, 1.165) is 0 Å². The van der Waals surface area contributed by atoms with E-state index in [9.17, 15) is 9.18 Å². The first-order valence-corrected chi connectivity index (χ1v) is 4.86. The first-order valence-electron chi connectivity index (χ1n) is 4.86. The molecule has 0 fully saturated rings. The lowest BCUT2D eigenvalue weighted by Crippen LogP contribution is -2.22. The highest BCUT2D eigenvalue weighted by Gasteiger charge is 2.22. The van der Waals surface area contributed by atoms with Gasteiger partial charge in [-0.1, -0.05) is 6.92 Å². The lowest BCUT2D eigenvalue weighted by molar-refractivity contribution is -0.138. The van der Waals surface area contributed by atoms with Crippen molar-refractivity contribution in [3.63, 3.8) is 0 Å². The first kappa shape index (κ1) is 12.4. The molecule has 0 aliphatic rings. The first-order chi connectivity index (χ1) is 7.51. The Bertz CT molecular complexity index is 406. The fourth-order valence-corrected chi connectivity index (χ4v) is 1.46. The molecular formula is C11H14FNO3. The second kappa shape index (κ2) is 4.94. The van der Waals surface area contributed by atoms with Crippen LogP contribution in [-0.2, 0) is 11.2 Å². The molecule has 0 aliphatic heterocycles. The second-order valence-corrected chi connectivity index (χ2v) is 3.37. The van der Waals surface area contributed by atoms with Crippen molar-refractivity contribution in [2.24, 2.45) is 5.73 Å². The van der Waals surface area contributed by atoms with Crippen molar-refractivity contribution in [2.75, 3.05) is 7.11 Å². The topological polar surface area (TPSA) is 72.5 Å². The summed E-state index contributed by atoms with van der Waals surface area (Å²) in [6.07, 6.45) is 0.597. The molecule has 0 aromatic heterocycles. The predicted octanol–water partition coefficient (Wildman–Crippen LogP) is 1.48. The molecule has 1 aromatic rings. The van der Waals surface area contributed by atoms with E-state index in [0.29, 0.717) is 12.0 Å². The van der Waals surface area contributed by atoms with E-state index in [-0.39, 0.29) is 11.3 Å². The average Bonchev–Trinajstić information content (AvgIpc) is 2.26. The van der Waals surface area contributed by atoms with Crippen LogP contribution in [-0.4, -0.2) is 18.2 Å². The van der Waals surface area contributed by atoms with Crippen molar-refractivity contribution in [3.8, 4) is 5.75 Å². The smallest absolute Gasteiger partial charge is 0.325 e. The zero-order chi connectivity index (χ0) is 12.3. The number of benzene rings is 1. The van der Waals surface area contributed by atoms with Crippen molar-refractivity contribution in [1.29, 1.82) is 0 Å². The van der Waals surface area contributed by atoms with Gasteiger partial charge in [0.15, 0.2) is 11.6 Å². The lowest BCUT2D eigenvalue weighted by Gasteiger charge is -2.14. The van der Waals surface area contributed by atoms with Gasteiger partial charge in [-0.05, 0) is 24.1 Å². The molecule has 0 saturated carbocycles. The molecule has 1 unspecified atom stereocenters. The maximum atomic E-state index is 13.5. The summed E-state index contributed by atoms with van der Waals surface area (Å²) in [6.45, 7) is 1.84. The van der Waals surface area contributed by atoms with E-state index in [1.165, 1.54) is 13.2 Å². The minimum atomic E-state index is -1.28. The van der Waals surface area contributed by atoms with Crippen molar-refractivity contribution in [3.05, 3.63) is 29.1 Å². The number of nitrogens with two attached hydrogens (primary N) is 1. The van der Waals surface area contributed by atoms with Gasteiger partial charge >= 0.3 is 5.97 Å². The molecule has 5 heteroatoms. The fraction of sp³-hybridized carbons (Fsp3) is 0.364. The summed E-state index contributed by atoms with van der Waals surface area (Å²) in [5, 5.41) is 8.81.